The highest BCUT2D eigenvalue weighted by atomic mass is 16.5. The van der Waals surface area contributed by atoms with Crippen LogP contribution in [0.1, 0.15) is 20.9 Å². The zero-order valence-corrected chi connectivity index (χ0v) is 13.0. The molecular weight excluding hydrogens is 306 g/mol. The Labute approximate surface area is 138 Å². The molecular formula is C19H15NO4. The van der Waals surface area contributed by atoms with Crippen molar-refractivity contribution in [3.63, 3.8) is 0 Å². The minimum atomic E-state index is -0.275. The molecule has 1 aromatic heterocycles. The molecule has 5 heteroatoms. The molecule has 3 aromatic rings. The van der Waals surface area contributed by atoms with Crippen molar-refractivity contribution in [2.75, 3.05) is 12.4 Å². The van der Waals surface area contributed by atoms with E-state index in [-0.39, 0.29) is 11.7 Å². The van der Waals surface area contributed by atoms with Gasteiger partial charge in [-0.05, 0) is 30.3 Å². The van der Waals surface area contributed by atoms with Crippen molar-refractivity contribution in [2.45, 2.75) is 0 Å². The van der Waals surface area contributed by atoms with Gasteiger partial charge in [0.25, 0.3) is 5.91 Å². The van der Waals surface area contributed by atoms with Gasteiger partial charge < -0.3 is 14.5 Å². The van der Waals surface area contributed by atoms with Gasteiger partial charge in [0.1, 0.15) is 11.5 Å². The lowest BCUT2D eigenvalue weighted by molar-refractivity contribution is 0.102. The summed E-state index contributed by atoms with van der Waals surface area (Å²) in [5.41, 5.74) is 1.69. The van der Waals surface area contributed by atoms with Gasteiger partial charge in [0.2, 0.25) is 0 Å². The second kappa shape index (κ2) is 6.83. The quantitative estimate of drug-likeness (QED) is 0.721. The standard InChI is InChI=1S/C19H15NO4/c1-23-14-6-4-5-13(11-14)20-19(22)17-8-3-2-7-16(17)18-10-9-15(12-21)24-18/h2-12H,1H3,(H,20,22). The minimum Gasteiger partial charge on any atom is -0.497 e. The first-order chi connectivity index (χ1) is 11.7. The molecule has 24 heavy (non-hydrogen) atoms. The molecule has 1 heterocycles. The van der Waals surface area contributed by atoms with Crippen LogP contribution in [0.4, 0.5) is 5.69 Å². The molecule has 0 aliphatic carbocycles. The number of rotatable bonds is 5. The van der Waals surface area contributed by atoms with Gasteiger partial charge in [0.15, 0.2) is 12.0 Å². The number of amides is 1. The third-order valence-corrected chi connectivity index (χ3v) is 3.51. The smallest absolute Gasteiger partial charge is 0.256 e. The highest BCUT2D eigenvalue weighted by Gasteiger charge is 2.15. The number of ether oxygens (including phenoxy) is 1. The van der Waals surface area contributed by atoms with E-state index >= 15 is 0 Å². The van der Waals surface area contributed by atoms with Crippen molar-refractivity contribution < 1.29 is 18.7 Å². The fourth-order valence-electron chi connectivity index (χ4n) is 2.36. The number of hydrogen-bond donors (Lipinski definition) is 1. The normalized spacial score (nSPS) is 10.2. The van der Waals surface area contributed by atoms with Gasteiger partial charge in [-0.15, -0.1) is 0 Å². The Balaban J connectivity index is 1.91. The van der Waals surface area contributed by atoms with Crippen LogP contribution in [0.5, 0.6) is 5.75 Å². The van der Waals surface area contributed by atoms with E-state index in [2.05, 4.69) is 5.32 Å². The first-order valence-electron chi connectivity index (χ1n) is 7.31. The number of carbonyl (C=O) groups excluding carboxylic acids is 2. The molecule has 1 N–H and O–H groups in total. The van der Waals surface area contributed by atoms with Crippen LogP contribution in [-0.4, -0.2) is 19.3 Å². The summed E-state index contributed by atoms with van der Waals surface area (Å²) in [4.78, 5) is 23.4. The Morgan fingerprint density at radius 2 is 1.92 bits per heavy atom. The molecule has 2 aromatic carbocycles. The molecule has 0 aliphatic rings. The summed E-state index contributed by atoms with van der Waals surface area (Å²) < 4.78 is 10.6. The SMILES string of the molecule is COc1cccc(NC(=O)c2ccccc2-c2ccc(C=O)o2)c1. The third-order valence-electron chi connectivity index (χ3n) is 3.51. The summed E-state index contributed by atoms with van der Waals surface area (Å²) in [6.07, 6.45) is 0.627. The Bertz CT molecular complexity index is 882. The average Bonchev–Trinajstić information content (AvgIpc) is 3.11. The number of carbonyl (C=O) groups is 2. The second-order valence-corrected chi connectivity index (χ2v) is 5.05. The summed E-state index contributed by atoms with van der Waals surface area (Å²) in [6.45, 7) is 0. The molecule has 0 radical (unpaired) electrons. The van der Waals surface area contributed by atoms with Crippen molar-refractivity contribution in [3.05, 3.63) is 72.0 Å². The van der Waals surface area contributed by atoms with Crippen LogP contribution in [-0.2, 0) is 0 Å². The van der Waals surface area contributed by atoms with Gasteiger partial charge in [-0.3, -0.25) is 9.59 Å². The summed E-state index contributed by atoms with van der Waals surface area (Å²) in [6, 6.07) is 17.4. The van der Waals surface area contributed by atoms with Crippen LogP contribution in [0, 0.1) is 0 Å². The molecule has 3 rings (SSSR count). The molecule has 0 spiro atoms. The first-order valence-corrected chi connectivity index (χ1v) is 7.31. The number of benzene rings is 2. The Morgan fingerprint density at radius 1 is 1.08 bits per heavy atom. The van der Waals surface area contributed by atoms with Gasteiger partial charge in [0, 0.05) is 17.3 Å². The molecule has 120 valence electrons. The lowest BCUT2D eigenvalue weighted by atomic mass is 10.0. The van der Waals surface area contributed by atoms with Crippen molar-refractivity contribution in [2.24, 2.45) is 0 Å². The number of hydrogen-bond acceptors (Lipinski definition) is 4. The largest absolute Gasteiger partial charge is 0.497 e. The lowest BCUT2D eigenvalue weighted by Crippen LogP contribution is -2.13. The zero-order chi connectivity index (χ0) is 16.9. The van der Waals surface area contributed by atoms with Crippen molar-refractivity contribution in [1.29, 1.82) is 0 Å². The predicted molar refractivity (Wildman–Crippen MR) is 90.5 cm³/mol. The second-order valence-electron chi connectivity index (χ2n) is 5.05. The number of methoxy groups -OCH3 is 1. The van der Waals surface area contributed by atoms with Crippen LogP contribution in [0.2, 0.25) is 0 Å². The molecule has 0 unspecified atom stereocenters. The van der Waals surface area contributed by atoms with Crippen LogP contribution in [0.3, 0.4) is 0 Å². The molecule has 0 saturated heterocycles. The molecule has 0 saturated carbocycles. The van der Waals surface area contributed by atoms with Gasteiger partial charge >= 0.3 is 0 Å². The third kappa shape index (κ3) is 3.20. The van der Waals surface area contributed by atoms with E-state index in [1.54, 1.807) is 67.8 Å². The van der Waals surface area contributed by atoms with Gasteiger partial charge in [0.05, 0.1) is 12.7 Å². The summed E-state index contributed by atoms with van der Waals surface area (Å²) in [7, 11) is 1.57. The fourth-order valence-corrected chi connectivity index (χ4v) is 2.36. The van der Waals surface area contributed by atoms with Crippen molar-refractivity contribution in [1.82, 2.24) is 0 Å². The maximum Gasteiger partial charge on any atom is 0.256 e. The van der Waals surface area contributed by atoms with E-state index in [1.807, 2.05) is 0 Å². The number of anilines is 1. The van der Waals surface area contributed by atoms with E-state index in [4.69, 9.17) is 9.15 Å². The average molecular weight is 321 g/mol. The summed E-state index contributed by atoms with van der Waals surface area (Å²) >= 11 is 0. The molecule has 0 atom stereocenters. The summed E-state index contributed by atoms with van der Waals surface area (Å²) in [5.74, 6) is 1.06. The number of furan rings is 1. The molecule has 0 fully saturated rings. The van der Waals surface area contributed by atoms with Crippen LogP contribution >= 0.6 is 0 Å². The summed E-state index contributed by atoms with van der Waals surface area (Å²) in [5, 5.41) is 2.83. The van der Waals surface area contributed by atoms with E-state index in [0.717, 1.165) is 0 Å². The van der Waals surface area contributed by atoms with Crippen LogP contribution < -0.4 is 10.1 Å². The van der Waals surface area contributed by atoms with Gasteiger partial charge in [-0.25, -0.2) is 0 Å². The van der Waals surface area contributed by atoms with Crippen molar-refractivity contribution >= 4 is 17.9 Å². The molecule has 0 bridgehead atoms. The van der Waals surface area contributed by atoms with Crippen molar-refractivity contribution in [3.8, 4) is 17.1 Å². The van der Waals surface area contributed by atoms with E-state index in [0.29, 0.717) is 34.6 Å². The number of nitrogens with one attached hydrogen (secondary N) is 1. The van der Waals surface area contributed by atoms with E-state index in [9.17, 15) is 9.59 Å². The monoisotopic (exact) mass is 321 g/mol. The lowest BCUT2D eigenvalue weighted by Gasteiger charge is -2.09. The first kappa shape index (κ1) is 15.6. The van der Waals surface area contributed by atoms with Gasteiger partial charge in [-0.2, -0.15) is 0 Å². The Kier molecular flexibility index (Phi) is 4.43. The molecule has 0 aliphatic heterocycles. The fraction of sp³-hybridized carbons (Fsp3) is 0.0526. The minimum absolute atomic E-state index is 0.216. The zero-order valence-electron chi connectivity index (χ0n) is 13.0. The predicted octanol–water partition coefficient (Wildman–Crippen LogP) is 4.02. The number of aldehydes is 1. The van der Waals surface area contributed by atoms with E-state index < -0.39 is 0 Å². The molecule has 5 nitrogen and oxygen atoms in total. The van der Waals surface area contributed by atoms with Gasteiger partial charge in [-0.1, -0.05) is 24.3 Å². The Hall–Kier alpha value is -3.34. The van der Waals surface area contributed by atoms with Crippen LogP contribution in [0.15, 0.2) is 65.1 Å². The Morgan fingerprint density at radius 3 is 2.67 bits per heavy atom. The molecule has 1 amide bonds. The van der Waals surface area contributed by atoms with Crippen LogP contribution in [0.25, 0.3) is 11.3 Å². The maximum absolute atomic E-state index is 12.6. The topological polar surface area (TPSA) is 68.5 Å². The highest BCUT2D eigenvalue weighted by molar-refractivity contribution is 6.08. The van der Waals surface area contributed by atoms with E-state index in [1.165, 1.54) is 0 Å². The highest BCUT2D eigenvalue weighted by Crippen LogP contribution is 2.26. The maximum atomic E-state index is 12.6.